The zero-order chi connectivity index (χ0) is 4.24. The van der Waals surface area contributed by atoms with Crippen molar-refractivity contribution in [1.82, 2.24) is 4.98 Å². The molecule has 1 nitrogen and oxygen atoms in total. The molecule has 0 aliphatic heterocycles. The van der Waals surface area contributed by atoms with E-state index < -0.39 is 0 Å². The molecule has 0 N–H and O–H groups in total. The lowest BCUT2D eigenvalue weighted by Gasteiger charge is -1.69. The van der Waals surface area contributed by atoms with Crippen molar-refractivity contribution in [1.29, 1.82) is 0 Å². The summed E-state index contributed by atoms with van der Waals surface area (Å²) in [6, 6.07) is 6.43. The molecular formula is C5H4N. The monoisotopic (exact) mass is 78.0 g/mol. The molecule has 0 amide bonds. The second-order valence-electron chi connectivity index (χ2n) is 0.953. The molecular weight excluding hydrogens is 74.1 g/mol. The molecule has 6 heavy (non-hydrogen) atoms. The molecule has 0 saturated carbocycles. The van der Waals surface area contributed by atoms with E-state index in [2.05, 4.69) is 11.1 Å². The highest BCUT2D eigenvalue weighted by Crippen LogP contribution is 1.72. The third-order valence-electron chi connectivity index (χ3n) is 0.514. The molecule has 1 aromatic rings. The Hall–Kier alpha value is -0.850. The van der Waals surface area contributed by atoms with Gasteiger partial charge in [0.05, 0.1) is 0 Å². The van der Waals surface area contributed by atoms with E-state index in [0.717, 1.165) is 0 Å². The Morgan fingerprint density at radius 3 is 2.67 bits per heavy atom. The Morgan fingerprint density at radius 1 is 1.50 bits per heavy atom. The predicted octanol–water partition coefficient (Wildman–Crippen LogP) is 0.882. The first-order valence-electron chi connectivity index (χ1n) is 1.76. The summed E-state index contributed by atoms with van der Waals surface area (Å²) in [5.74, 6) is 0. The first-order chi connectivity index (χ1) is 3.00. The maximum Gasteiger partial charge on any atom is 0.0346 e. The number of nitrogens with zero attached hydrogens (tertiary/aromatic N) is 1. The summed E-state index contributed by atoms with van der Waals surface area (Å²) < 4.78 is 0. The zero-order valence-corrected chi connectivity index (χ0v) is 3.26. The van der Waals surface area contributed by atoms with Gasteiger partial charge in [0.15, 0.2) is 0 Å². The van der Waals surface area contributed by atoms with Gasteiger partial charge in [-0.15, -0.1) is 0 Å². The molecule has 1 heteroatoms. The number of pyridine rings is 1. The van der Waals surface area contributed by atoms with Gasteiger partial charge in [-0.3, -0.25) is 4.98 Å². The van der Waals surface area contributed by atoms with Crippen LogP contribution in [0.1, 0.15) is 0 Å². The Labute approximate surface area is 36.7 Å². The van der Waals surface area contributed by atoms with E-state index in [9.17, 15) is 0 Å². The SMILES string of the molecule is [c]1cccnc1. The minimum Gasteiger partial charge on any atom is -0.264 e. The Kier molecular flexibility index (Phi) is 0.865. The van der Waals surface area contributed by atoms with Crippen molar-refractivity contribution < 1.29 is 0 Å². The Balaban J connectivity index is 3.00. The molecule has 0 saturated heterocycles. The summed E-state index contributed by atoms with van der Waals surface area (Å²) in [4.78, 5) is 3.73. The van der Waals surface area contributed by atoms with Crippen LogP contribution in [0.5, 0.6) is 0 Å². The first kappa shape index (κ1) is 3.34. The average Bonchev–Trinajstić information content (AvgIpc) is 1.72. The molecule has 1 radical (unpaired) electrons. The standard InChI is InChI=1S/C5H4N/c1-2-4-6-5-3-1/h1-2,4-5H. The molecule has 29 valence electrons. The zero-order valence-electron chi connectivity index (χ0n) is 3.26. The van der Waals surface area contributed by atoms with Crippen LogP contribution in [0.2, 0.25) is 0 Å². The van der Waals surface area contributed by atoms with E-state index >= 15 is 0 Å². The van der Waals surface area contributed by atoms with Gasteiger partial charge in [-0.25, -0.2) is 0 Å². The van der Waals surface area contributed by atoms with Gasteiger partial charge in [0.25, 0.3) is 0 Å². The van der Waals surface area contributed by atoms with Crippen molar-refractivity contribution in [3.8, 4) is 0 Å². The molecule has 0 spiro atoms. The van der Waals surface area contributed by atoms with Crippen molar-refractivity contribution in [2.45, 2.75) is 0 Å². The largest absolute Gasteiger partial charge is 0.264 e. The fraction of sp³-hybridized carbons (Fsp3) is 0. The van der Waals surface area contributed by atoms with E-state index in [-0.39, 0.29) is 0 Å². The van der Waals surface area contributed by atoms with Gasteiger partial charge in [0.2, 0.25) is 0 Å². The number of aromatic nitrogens is 1. The van der Waals surface area contributed by atoms with Gasteiger partial charge < -0.3 is 0 Å². The van der Waals surface area contributed by atoms with E-state index in [1.165, 1.54) is 0 Å². The summed E-state index contributed by atoms with van der Waals surface area (Å²) in [6.07, 6.45) is 3.34. The molecule has 0 aromatic carbocycles. The highest BCUT2D eigenvalue weighted by atomic mass is 14.6. The Bertz CT molecular complexity index is 75.9. The fourth-order valence-electron chi connectivity index (χ4n) is 0.277. The molecule has 1 heterocycles. The third-order valence-corrected chi connectivity index (χ3v) is 0.514. The molecule has 0 unspecified atom stereocenters. The van der Waals surface area contributed by atoms with Crippen LogP contribution in [0.4, 0.5) is 0 Å². The number of hydrogen-bond donors (Lipinski definition) is 0. The van der Waals surface area contributed by atoms with Crippen LogP contribution in [0.25, 0.3) is 0 Å². The highest BCUT2D eigenvalue weighted by molar-refractivity contribution is 4.86. The molecule has 0 bridgehead atoms. The summed E-state index contributed by atoms with van der Waals surface area (Å²) in [7, 11) is 0. The van der Waals surface area contributed by atoms with Gasteiger partial charge in [0, 0.05) is 18.5 Å². The fourth-order valence-corrected chi connectivity index (χ4v) is 0.277. The van der Waals surface area contributed by atoms with E-state index in [1.54, 1.807) is 12.4 Å². The summed E-state index contributed by atoms with van der Waals surface area (Å²) >= 11 is 0. The van der Waals surface area contributed by atoms with Gasteiger partial charge in [-0.05, 0) is 6.07 Å². The topological polar surface area (TPSA) is 12.9 Å². The molecule has 0 atom stereocenters. The number of hydrogen-bond acceptors (Lipinski definition) is 1. The summed E-state index contributed by atoms with van der Waals surface area (Å²) in [5.41, 5.74) is 0. The van der Waals surface area contributed by atoms with Gasteiger partial charge in [-0.2, -0.15) is 0 Å². The van der Waals surface area contributed by atoms with Crippen LogP contribution in [-0.2, 0) is 0 Å². The minimum atomic E-state index is 1.62. The quantitative estimate of drug-likeness (QED) is 0.449. The van der Waals surface area contributed by atoms with Crippen LogP contribution in [0, 0.1) is 6.07 Å². The number of rotatable bonds is 0. The minimum absolute atomic E-state index is 1.62. The van der Waals surface area contributed by atoms with Crippen molar-refractivity contribution in [2.24, 2.45) is 0 Å². The third kappa shape index (κ3) is 0.549. The molecule has 1 rings (SSSR count). The smallest absolute Gasteiger partial charge is 0.0346 e. The lowest BCUT2D eigenvalue weighted by molar-refractivity contribution is 1.32. The van der Waals surface area contributed by atoms with Crippen molar-refractivity contribution in [3.63, 3.8) is 0 Å². The summed E-state index contributed by atoms with van der Waals surface area (Å²) in [5, 5.41) is 0. The lowest BCUT2D eigenvalue weighted by Crippen LogP contribution is -1.59. The molecule has 0 fully saturated rings. The normalized spacial score (nSPS) is 8.00. The predicted molar refractivity (Wildman–Crippen MR) is 23.1 cm³/mol. The summed E-state index contributed by atoms with van der Waals surface area (Å²) in [6.45, 7) is 0. The second kappa shape index (κ2) is 1.55. The van der Waals surface area contributed by atoms with Crippen LogP contribution >= 0.6 is 0 Å². The average molecular weight is 78.1 g/mol. The highest BCUT2D eigenvalue weighted by Gasteiger charge is 1.59. The van der Waals surface area contributed by atoms with E-state index in [0.29, 0.717) is 0 Å². The first-order valence-corrected chi connectivity index (χ1v) is 1.76. The Morgan fingerprint density at radius 2 is 2.50 bits per heavy atom. The van der Waals surface area contributed by atoms with E-state index in [4.69, 9.17) is 0 Å². The van der Waals surface area contributed by atoms with Gasteiger partial charge in [-0.1, -0.05) is 6.07 Å². The van der Waals surface area contributed by atoms with Crippen LogP contribution in [0.3, 0.4) is 0 Å². The van der Waals surface area contributed by atoms with Crippen LogP contribution < -0.4 is 0 Å². The van der Waals surface area contributed by atoms with Gasteiger partial charge in [0.1, 0.15) is 0 Å². The maximum absolute atomic E-state index is 3.73. The van der Waals surface area contributed by atoms with Crippen LogP contribution in [-0.4, -0.2) is 4.98 Å². The lowest BCUT2D eigenvalue weighted by atomic mass is 10.5. The van der Waals surface area contributed by atoms with Gasteiger partial charge >= 0.3 is 0 Å². The van der Waals surface area contributed by atoms with E-state index in [1.807, 2.05) is 12.1 Å². The molecule has 0 aliphatic carbocycles. The van der Waals surface area contributed by atoms with Crippen molar-refractivity contribution >= 4 is 0 Å². The second-order valence-corrected chi connectivity index (χ2v) is 0.953. The molecule has 0 aliphatic rings. The maximum atomic E-state index is 3.73. The van der Waals surface area contributed by atoms with Crippen molar-refractivity contribution in [3.05, 3.63) is 30.6 Å². The van der Waals surface area contributed by atoms with Crippen molar-refractivity contribution in [2.75, 3.05) is 0 Å². The molecule has 1 aromatic heterocycles. The van der Waals surface area contributed by atoms with Crippen LogP contribution in [0.15, 0.2) is 24.5 Å².